The summed E-state index contributed by atoms with van der Waals surface area (Å²) in [5.74, 6) is 0.160. The van der Waals surface area contributed by atoms with E-state index >= 15 is 0 Å². The van der Waals surface area contributed by atoms with Gasteiger partial charge in [0.25, 0.3) is 0 Å². The quantitative estimate of drug-likeness (QED) is 0.349. The van der Waals surface area contributed by atoms with Crippen molar-refractivity contribution in [3.63, 3.8) is 0 Å². The molecule has 0 amide bonds. The molecule has 6 heteroatoms. The Morgan fingerprint density at radius 1 is 0.857 bits per heavy atom. The summed E-state index contributed by atoms with van der Waals surface area (Å²) in [6.45, 7) is 0. The molecule has 0 unspecified atom stereocenters. The Bertz CT molecular complexity index is 1100. The molecular weight excluding hydrogens is 363 g/mol. The first kappa shape index (κ1) is 18.1. The van der Waals surface area contributed by atoms with Crippen LogP contribution in [0.3, 0.4) is 0 Å². The maximum Gasteiger partial charge on any atom is 0.416 e. The number of rotatable bonds is 2. The first-order valence-corrected chi connectivity index (χ1v) is 8.74. The molecule has 0 aromatic heterocycles. The summed E-state index contributed by atoms with van der Waals surface area (Å²) in [5, 5.41) is 10.8. The molecule has 1 N–H and O–H groups in total. The highest BCUT2D eigenvalue weighted by Gasteiger charge is 2.30. The largest absolute Gasteiger partial charge is 0.416 e. The van der Waals surface area contributed by atoms with Gasteiger partial charge in [0, 0.05) is 25.3 Å². The first-order valence-electron chi connectivity index (χ1n) is 8.74. The van der Waals surface area contributed by atoms with E-state index < -0.39 is 11.7 Å². The molecule has 0 fully saturated rings. The third-order valence-electron chi connectivity index (χ3n) is 5.10. The van der Waals surface area contributed by atoms with E-state index in [0.717, 1.165) is 39.7 Å². The predicted octanol–water partition coefficient (Wildman–Crippen LogP) is 5.85. The summed E-state index contributed by atoms with van der Waals surface area (Å²) in [6, 6.07) is 14.9. The summed E-state index contributed by atoms with van der Waals surface area (Å²) in [5.41, 5.74) is 2.87. The van der Waals surface area contributed by atoms with Gasteiger partial charge in [-0.05, 0) is 46.7 Å². The number of halogens is 3. The molecule has 4 rings (SSSR count). The van der Waals surface area contributed by atoms with E-state index in [2.05, 4.69) is 18.2 Å². The SMILES string of the molecule is CN(C(=N)N(C)c1ccc2cccc3c2c1C=C3)c1ccc(C(F)(F)F)cc1. The van der Waals surface area contributed by atoms with Crippen molar-refractivity contribution in [2.75, 3.05) is 23.9 Å². The Hall–Kier alpha value is -3.28. The normalized spacial score (nSPS) is 12.5. The first-order chi connectivity index (χ1) is 13.3. The van der Waals surface area contributed by atoms with Gasteiger partial charge in [0.15, 0.2) is 0 Å². The lowest BCUT2D eigenvalue weighted by molar-refractivity contribution is -0.137. The number of guanidine groups is 1. The molecule has 3 aromatic rings. The second kappa shape index (κ2) is 6.41. The molecular formula is C22H18F3N3. The summed E-state index contributed by atoms with van der Waals surface area (Å²) >= 11 is 0. The molecule has 1 aliphatic rings. The van der Waals surface area contributed by atoms with Crippen LogP contribution in [0.5, 0.6) is 0 Å². The number of hydrogen-bond donors (Lipinski definition) is 1. The minimum atomic E-state index is -4.37. The van der Waals surface area contributed by atoms with Crippen LogP contribution in [0.25, 0.3) is 22.9 Å². The maximum atomic E-state index is 12.8. The van der Waals surface area contributed by atoms with Crippen molar-refractivity contribution in [1.82, 2.24) is 0 Å². The number of nitrogens with zero attached hydrogens (tertiary/aromatic N) is 2. The smallest absolute Gasteiger partial charge is 0.316 e. The summed E-state index contributed by atoms with van der Waals surface area (Å²) in [4.78, 5) is 3.29. The van der Waals surface area contributed by atoms with Crippen LogP contribution in [0, 0.1) is 5.41 Å². The van der Waals surface area contributed by atoms with E-state index in [-0.39, 0.29) is 5.96 Å². The van der Waals surface area contributed by atoms with Crippen LogP contribution in [-0.2, 0) is 6.18 Å². The van der Waals surface area contributed by atoms with Crippen LogP contribution in [0.15, 0.2) is 54.6 Å². The second-order valence-electron chi connectivity index (χ2n) is 6.76. The third-order valence-corrected chi connectivity index (χ3v) is 5.10. The monoisotopic (exact) mass is 381 g/mol. The maximum absolute atomic E-state index is 12.8. The molecule has 0 saturated heterocycles. The molecule has 3 nitrogen and oxygen atoms in total. The molecule has 142 valence electrons. The number of alkyl halides is 3. The Morgan fingerprint density at radius 3 is 2.25 bits per heavy atom. The summed E-state index contributed by atoms with van der Waals surface area (Å²) < 4.78 is 38.3. The fourth-order valence-corrected chi connectivity index (χ4v) is 3.53. The molecule has 0 radical (unpaired) electrons. The van der Waals surface area contributed by atoms with Gasteiger partial charge in [-0.3, -0.25) is 5.41 Å². The van der Waals surface area contributed by atoms with Gasteiger partial charge in [0.05, 0.1) is 11.3 Å². The molecule has 0 heterocycles. The van der Waals surface area contributed by atoms with Gasteiger partial charge in [0.1, 0.15) is 0 Å². The molecule has 3 aromatic carbocycles. The average Bonchev–Trinajstić information content (AvgIpc) is 3.12. The van der Waals surface area contributed by atoms with E-state index in [1.807, 2.05) is 24.3 Å². The van der Waals surface area contributed by atoms with E-state index in [0.29, 0.717) is 5.69 Å². The zero-order valence-electron chi connectivity index (χ0n) is 15.4. The molecule has 28 heavy (non-hydrogen) atoms. The van der Waals surface area contributed by atoms with Crippen molar-refractivity contribution in [2.24, 2.45) is 0 Å². The van der Waals surface area contributed by atoms with Crippen LogP contribution in [0.2, 0.25) is 0 Å². The number of hydrogen-bond acceptors (Lipinski definition) is 1. The zero-order chi connectivity index (χ0) is 20.1. The van der Waals surface area contributed by atoms with E-state index in [9.17, 15) is 13.2 Å². The minimum Gasteiger partial charge on any atom is -0.316 e. The Morgan fingerprint density at radius 2 is 1.57 bits per heavy atom. The van der Waals surface area contributed by atoms with Gasteiger partial charge >= 0.3 is 6.18 Å². The fraction of sp³-hybridized carbons (Fsp3) is 0.136. The lowest BCUT2D eigenvalue weighted by atomic mass is 10.0. The van der Waals surface area contributed by atoms with Crippen molar-refractivity contribution in [1.29, 1.82) is 5.41 Å². The van der Waals surface area contributed by atoms with Gasteiger partial charge in [0.2, 0.25) is 5.96 Å². The summed E-state index contributed by atoms with van der Waals surface area (Å²) in [6.07, 6.45) is -0.284. The lowest BCUT2D eigenvalue weighted by Crippen LogP contribution is -2.40. The minimum absolute atomic E-state index is 0.160. The van der Waals surface area contributed by atoms with Gasteiger partial charge < -0.3 is 9.80 Å². The zero-order valence-corrected chi connectivity index (χ0v) is 15.4. The van der Waals surface area contributed by atoms with Gasteiger partial charge in [-0.15, -0.1) is 0 Å². The van der Waals surface area contributed by atoms with Crippen molar-refractivity contribution < 1.29 is 13.2 Å². The number of benzene rings is 3. The standard InChI is InChI=1S/C22H18F3N3/c1-27(17-10-8-16(9-11-17)22(23,24)25)21(26)28(2)19-13-7-15-5-3-4-14-6-12-18(19)20(14)15/h3-13,26H,1-2H3. The average molecular weight is 381 g/mol. The number of anilines is 2. The number of nitrogens with one attached hydrogen (secondary N) is 1. The molecule has 0 spiro atoms. The highest BCUT2D eigenvalue weighted by Crippen LogP contribution is 2.37. The molecule has 0 aliphatic heterocycles. The van der Waals surface area contributed by atoms with Crippen molar-refractivity contribution in [3.05, 3.63) is 71.3 Å². The van der Waals surface area contributed by atoms with Gasteiger partial charge in [-0.1, -0.05) is 36.4 Å². The molecule has 0 bridgehead atoms. The van der Waals surface area contributed by atoms with Crippen LogP contribution < -0.4 is 9.80 Å². The van der Waals surface area contributed by atoms with Crippen molar-refractivity contribution >= 4 is 40.3 Å². The fourth-order valence-electron chi connectivity index (χ4n) is 3.53. The molecule has 1 aliphatic carbocycles. The van der Waals surface area contributed by atoms with Crippen molar-refractivity contribution in [3.8, 4) is 0 Å². The van der Waals surface area contributed by atoms with E-state index in [1.54, 1.807) is 23.9 Å². The van der Waals surface area contributed by atoms with Gasteiger partial charge in [-0.2, -0.15) is 13.2 Å². The van der Waals surface area contributed by atoms with Crippen LogP contribution in [-0.4, -0.2) is 20.1 Å². The lowest BCUT2D eigenvalue weighted by Gasteiger charge is -2.29. The highest BCUT2D eigenvalue weighted by molar-refractivity contribution is 6.12. The molecule has 0 saturated carbocycles. The predicted molar refractivity (Wildman–Crippen MR) is 109 cm³/mol. The highest BCUT2D eigenvalue weighted by atomic mass is 19.4. The van der Waals surface area contributed by atoms with Crippen LogP contribution in [0.1, 0.15) is 16.7 Å². The third kappa shape index (κ3) is 2.91. The second-order valence-corrected chi connectivity index (χ2v) is 6.76. The Balaban J connectivity index is 1.64. The summed E-state index contributed by atoms with van der Waals surface area (Å²) in [7, 11) is 3.46. The van der Waals surface area contributed by atoms with Crippen molar-refractivity contribution in [2.45, 2.75) is 6.18 Å². The topological polar surface area (TPSA) is 30.3 Å². The van der Waals surface area contributed by atoms with E-state index in [1.165, 1.54) is 12.1 Å². The van der Waals surface area contributed by atoms with Gasteiger partial charge in [-0.25, -0.2) is 0 Å². The van der Waals surface area contributed by atoms with E-state index in [4.69, 9.17) is 5.41 Å². The van der Waals surface area contributed by atoms with Crippen LogP contribution in [0.4, 0.5) is 24.5 Å². The molecule has 0 atom stereocenters. The Kier molecular flexibility index (Phi) is 4.14. The Labute approximate surface area is 160 Å². The van der Waals surface area contributed by atoms with Crippen LogP contribution >= 0.6 is 0 Å².